The molecule has 0 aliphatic rings. The lowest BCUT2D eigenvalue weighted by Gasteiger charge is -2.08. The number of methoxy groups -OCH3 is 1. The van der Waals surface area contributed by atoms with Crippen molar-refractivity contribution < 1.29 is 24.0 Å². The first-order chi connectivity index (χ1) is 11.4. The van der Waals surface area contributed by atoms with Gasteiger partial charge in [0.05, 0.1) is 17.6 Å². The summed E-state index contributed by atoms with van der Waals surface area (Å²) in [6.45, 7) is -0.570. The predicted molar refractivity (Wildman–Crippen MR) is 85.7 cm³/mol. The van der Waals surface area contributed by atoms with Crippen molar-refractivity contribution in [3.05, 3.63) is 68.7 Å². The van der Waals surface area contributed by atoms with E-state index in [1.54, 1.807) is 18.2 Å². The SMILES string of the molecule is COc1ccccc1C(=O)COC(=O)c1ccc(Cl)cc1[N+](=O)[O-]. The number of hydrogen-bond acceptors (Lipinski definition) is 6. The summed E-state index contributed by atoms with van der Waals surface area (Å²) in [5.41, 5.74) is -0.520. The van der Waals surface area contributed by atoms with Gasteiger partial charge in [0.25, 0.3) is 5.69 Å². The molecule has 0 saturated heterocycles. The summed E-state index contributed by atoms with van der Waals surface area (Å²) in [7, 11) is 1.41. The average molecular weight is 350 g/mol. The Morgan fingerprint density at radius 1 is 1.17 bits per heavy atom. The maximum Gasteiger partial charge on any atom is 0.345 e. The highest BCUT2D eigenvalue weighted by atomic mass is 35.5. The Morgan fingerprint density at radius 3 is 2.54 bits per heavy atom. The Balaban J connectivity index is 2.14. The lowest BCUT2D eigenvalue weighted by molar-refractivity contribution is -0.385. The van der Waals surface area contributed by atoms with E-state index >= 15 is 0 Å². The molecule has 0 N–H and O–H groups in total. The Morgan fingerprint density at radius 2 is 1.88 bits per heavy atom. The molecule has 0 aromatic heterocycles. The van der Waals surface area contributed by atoms with Crippen molar-refractivity contribution >= 4 is 29.0 Å². The summed E-state index contributed by atoms with van der Waals surface area (Å²) >= 11 is 5.68. The maximum atomic E-state index is 12.1. The van der Waals surface area contributed by atoms with Gasteiger partial charge >= 0.3 is 5.97 Å². The fourth-order valence-corrected chi connectivity index (χ4v) is 2.16. The summed E-state index contributed by atoms with van der Waals surface area (Å²) < 4.78 is 9.94. The number of nitrogens with zero attached hydrogens (tertiary/aromatic N) is 1. The topological polar surface area (TPSA) is 95.7 Å². The summed E-state index contributed by atoms with van der Waals surface area (Å²) in [6.07, 6.45) is 0. The first-order valence-electron chi connectivity index (χ1n) is 6.71. The number of carbonyl (C=O) groups excluding carboxylic acids is 2. The molecule has 0 aliphatic heterocycles. The number of carbonyl (C=O) groups is 2. The molecule has 0 saturated carbocycles. The molecule has 0 atom stereocenters. The molecule has 0 aliphatic carbocycles. The molecule has 0 bridgehead atoms. The summed E-state index contributed by atoms with van der Waals surface area (Å²) in [4.78, 5) is 34.4. The van der Waals surface area contributed by atoms with Crippen LogP contribution >= 0.6 is 11.6 Å². The van der Waals surface area contributed by atoms with Crippen LogP contribution in [0.15, 0.2) is 42.5 Å². The first-order valence-corrected chi connectivity index (χ1v) is 7.09. The minimum Gasteiger partial charge on any atom is -0.496 e. The molecule has 24 heavy (non-hydrogen) atoms. The zero-order chi connectivity index (χ0) is 17.7. The molecular weight excluding hydrogens is 338 g/mol. The second-order valence-electron chi connectivity index (χ2n) is 4.62. The van der Waals surface area contributed by atoms with Crippen LogP contribution in [0.2, 0.25) is 5.02 Å². The van der Waals surface area contributed by atoms with Gasteiger partial charge in [0.2, 0.25) is 5.78 Å². The zero-order valence-corrected chi connectivity index (χ0v) is 13.3. The van der Waals surface area contributed by atoms with E-state index in [-0.39, 0.29) is 16.1 Å². The first kappa shape index (κ1) is 17.4. The normalized spacial score (nSPS) is 10.1. The van der Waals surface area contributed by atoms with Crippen molar-refractivity contribution in [1.29, 1.82) is 0 Å². The summed E-state index contributed by atoms with van der Waals surface area (Å²) in [6, 6.07) is 10.0. The summed E-state index contributed by atoms with van der Waals surface area (Å²) in [5, 5.41) is 11.1. The van der Waals surface area contributed by atoms with Gasteiger partial charge in [-0.1, -0.05) is 23.7 Å². The van der Waals surface area contributed by atoms with Gasteiger partial charge in [-0.2, -0.15) is 0 Å². The Labute approximate surface area is 141 Å². The lowest BCUT2D eigenvalue weighted by Crippen LogP contribution is -2.16. The monoisotopic (exact) mass is 349 g/mol. The molecule has 0 radical (unpaired) electrons. The van der Waals surface area contributed by atoms with Gasteiger partial charge in [-0.05, 0) is 24.3 Å². The van der Waals surface area contributed by atoms with Crippen LogP contribution in [0.4, 0.5) is 5.69 Å². The van der Waals surface area contributed by atoms with Gasteiger partial charge < -0.3 is 9.47 Å². The highest BCUT2D eigenvalue weighted by Crippen LogP contribution is 2.24. The van der Waals surface area contributed by atoms with Gasteiger partial charge in [-0.3, -0.25) is 14.9 Å². The van der Waals surface area contributed by atoms with Crippen molar-refractivity contribution in [3.8, 4) is 5.75 Å². The van der Waals surface area contributed by atoms with Crippen molar-refractivity contribution in [2.24, 2.45) is 0 Å². The van der Waals surface area contributed by atoms with Crippen LogP contribution in [-0.2, 0) is 4.74 Å². The number of halogens is 1. The number of ether oxygens (including phenoxy) is 2. The van der Waals surface area contributed by atoms with E-state index < -0.39 is 29.0 Å². The predicted octanol–water partition coefficient (Wildman–Crippen LogP) is 3.30. The molecule has 2 aromatic carbocycles. The lowest BCUT2D eigenvalue weighted by atomic mass is 10.1. The highest BCUT2D eigenvalue weighted by Gasteiger charge is 2.23. The van der Waals surface area contributed by atoms with Gasteiger partial charge in [0, 0.05) is 11.1 Å². The number of hydrogen-bond donors (Lipinski definition) is 0. The Hall–Kier alpha value is -2.93. The van der Waals surface area contributed by atoms with E-state index in [0.29, 0.717) is 5.75 Å². The maximum absolute atomic E-state index is 12.1. The molecule has 0 fully saturated rings. The fraction of sp³-hybridized carbons (Fsp3) is 0.125. The van der Waals surface area contributed by atoms with Crippen molar-refractivity contribution in [2.75, 3.05) is 13.7 Å². The van der Waals surface area contributed by atoms with E-state index in [4.69, 9.17) is 21.1 Å². The van der Waals surface area contributed by atoms with Crippen LogP contribution in [0.1, 0.15) is 20.7 Å². The highest BCUT2D eigenvalue weighted by molar-refractivity contribution is 6.31. The third-order valence-electron chi connectivity index (χ3n) is 3.12. The molecule has 2 aromatic rings. The largest absolute Gasteiger partial charge is 0.496 e. The number of Topliss-reactive ketones (excluding diaryl/α,β-unsaturated/α-hetero) is 1. The number of nitro groups is 1. The molecule has 0 unspecified atom stereocenters. The van der Waals surface area contributed by atoms with Crippen LogP contribution in [0, 0.1) is 10.1 Å². The van der Waals surface area contributed by atoms with Crippen molar-refractivity contribution in [1.82, 2.24) is 0 Å². The number of esters is 1. The van der Waals surface area contributed by atoms with E-state index in [0.717, 1.165) is 6.07 Å². The molecule has 2 rings (SSSR count). The molecule has 0 amide bonds. The van der Waals surface area contributed by atoms with Gasteiger partial charge in [0.15, 0.2) is 6.61 Å². The molecule has 8 heteroatoms. The van der Waals surface area contributed by atoms with Crippen LogP contribution in [-0.4, -0.2) is 30.4 Å². The van der Waals surface area contributed by atoms with Crippen LogP contribution in [0.3, 0.4) is 0 Å². The summed E-state index contributed by atoms with van der Waals surface area (Å²) in [5.74, 6) is -1.13. The molecule has 124 valence electrons. The van der Waals surface area contributed by atoms with Crippen molar-refractivity contribution in [2.45, 2.75) is 0 Å². The third kappa shape index (κ3) is 3.88. The smallest absolute Gasteiger partial charge is 0.345 e. The number of rotatable bonds is 6. The van der Waals surface area contributed by atoms with E-state index in [1.807, 2.05) is 0 Å². The fourth-order valence-electron chi connectivity index (χ4n) is 1.99. The third-order valence-corrected chi connectivity index (χ3v) is 3.35. The number of nitro benzene ring substituents is 1. The van der Waals surface area contributed by atoms with E-state index in [9.17, 15) is 19.7 Å². The second-order valence-corrected chi connectivity index (χ2v) is 5.05. The number of benzene rings is 2. The Bertz CT molecular complexity index is 805. The van der Waals surface area contributed by atoms with Gasteiger partial charge in [-0.15, -0.1) is 0 Å². The molecular formula is C16H12ClNO6. The molecule has 0 spiro atoms. The standard InChI is InChI=1S/C16H12ClNO6/c1-23-15-5-3-2-4-12(15)14(19)9-24-16(20)11-7-6-10(17)8-13(11)18(21)22/h2-8H,9H2,1H3. The van der Waals surface area contributed by atoms with E-state index in [2.05, 4.69) is 0 Å². The Kier molecular flexibility index (Phi) is 5.49. The van der Waals surface area contributed by atoms with Gasteiger partial charge in [0.1, 0.15) is 11.3 Å². The van der Waals surface area contributed by atoms with Crippen LogP contribution in [0.25, 0.3) is 0 Å². The van der Waals surface area contributed by atoms with Crippen LogP contribution in [0.5, 0.6) is 5.75 Å². The second kappa shape index (κ2) is 7.56. The number of para-hydroxylation sites is 1. The minimum atomic E-state index is -0.985. The minimum absolute atomic E-state index is 0.114. The quantitative estimate of drug-likeness (QED) is 0.343. The molecule has 7 nitrogen and oxygen atoms in total. The number of ketones is 1. The molecule has 0 heterocycles. The van der Waals surface area contributed by atoms with Crippen molar-refractivity contribution in [3.63, 3.8) is 0 Å². The van der Waals surface area contributed by atoms with E-state index in [1.165, 1.54) is 25.3 Å². The van der Waals surface area contributed by atoms with Crippen LogP contribution < -0.4 is 4.74 Å². The van der Waals surface area contributed by atoms with Gasteiger partial charge in [-0.25, -0.2) is 4.79 Å². The zero-order valence-electron chi connectivity index (χ0n) is 12.5. The average Bonchev–Trinajstić information content (AvgIpc) is 2.59.